The summed E-state index contributed by atoms with van der Waals surface area (Å²) < 4.78 is 1.77. The van der Waals surface area contributed by atoms with Gasteiger partial charge in [-0.2, -0.15) is 10.4 Å². The highest BCUT2D eigenvalue weighted by Gasteiger charge is 2.11. The van der Waals surface area contributed by atoms with Crippen molar-refractivity contribution in [1.82, 2.24) is 14.8 Å². The number of rotatable bonds is 4. The largest absolute Gasteiger partial charge is 0.351 e. The van der Waals surface area contributed by atoms with Crippen LogP contribution in [0.25, 0.3) is 0 Å². The number of anilines is 1. The summed E-state index contributed by atoms with van der Waals surface area (Å²) in [4.78, 5) is 6.36. The summed E-state index contributed by atoms with van der Waals surface area (Å²) in [6.07, 6.45) is 5.51. The molecule has 0 saturated heterocycles. The van der Waals surface area contributed by atoms with Crippen molar-refractivity contribution in [3.8, 4) is 6.07 Å². The van der Waals surface area contributed by atoms with Crippen LogP contribution in [0.3, 0.4) is 0 Å². The minimum absolute atomic E-state index is 0.600. The highest BCUT2D eigenvalue weighted by Crippen LogP contribution is 2.18. The quantitative estimate of drug-likeness (QED) is 0.817. The number of hydrogen-bond donors (Lipinski definition) is 0. The molecule has 0 amide bonds. The molecule has 2 heterocycles. The first-order valence-electron chi connectivity index (χ1n) is 5.82. The van der Waals surface area contributed by atoms with Gasteiger partial charge in [0.05, 0.1) is 11.8 Å². The molecule has 0 radical (unpaired) electrons. The van der Waals surface area contributed by atoms with Gasteiger partial charge in [0, 0.05) is 38.1 Å². The fourth-order valence-corrected chi connectivity index (χ4v) is 1.85. The molecule has 0 N–H and O–H groups in total. The topological polar surface area (TPSA) is 57.7 Å². The van der Waals surface area contributed by atoms with Crippen molar-refractivity contribution in [2.45, 2.75) is 13.5 Å². The summed E-state index contributed by atoms with van der Waals surface area (Å²) in [6.45, 7) is 3.54. The molecule has 2 aromatic heterocycles. The molecule has 5 nitrogen and oxygen atoms in total. The Labute approximate surface area is 106 Å². The predicted molar refractivity (Wildman–Crippen MR) is 68.9 cm³/mol. The number of hydrogen-bond acceptors (Lipinski definition) is 4. The van der Waals surface area contributed by atoms with E-state index in [1.54, 1.807) is 23.0 Å². The molecule has 0 unspecified atom stereocenters. The third kappa shape index (κ3) is 2.48. The summed E-state index contributed by atoms with van der Waals surface area (Å²) in [7, 11) is 1.89. The van der Waals surface area contributed by atoms with Crippen molar-refractivity contribution in [3.63, 3.8) is 0 Å². The van der Waals surface area contributed by atoms with E-state index in [4.69, 9.17) is 5.26 Å². The molecule has 0 spiro atoms. The van der Waals surface area contributed by atoms with Crippen LogP contribution < -0.4 is 4.90 Å². The fraction of sp³-hybridized carbons (Fsp3) is 0.308. The standard InChI is InChI=1S/C13H15N5/c1-3-18(10-11-8-16-17(2)9-11)13-12(7-14)5-4-6-15-13/h4-6,8-9H,3,10H2,1-2H3. The third-order valence-corrected chi connectivity index (χ3v) is 2.72. The fourth-order valence-electron chi connectivity index (χ4n) is 1.85. The maximum absolute atomic E-state index is 9.10. The van der Waals surface area contributed by atoms with Crippen LogP contribution in [0.2, 0.25) is 0 Å². The zero-order valence-electron chi connectivity index (χ0n) is 10.5. The second-order valence-corrected chi connectivity index (χ2v) is 4.02. The van der Waals surface area contributed by atoms with Gasteiger partial charge in [-0.1, -0.05) is 0 Å². The van der Waals surface area contributed by atoms with Crippen molar-refractivity contribution in [1.29, 1.82) is 5.26 Å². The number of aromatic nitrogens is 3. The summed E-state index contributed by atoms with van der Waals surface area (Å²) in [5, 5.41) is 13.2. The molecular formula is C13H15N5. The van der Waals surface area contributed by atoms with Crippen molar-refractivity contribution in [2.24, 2.45) is 7.05 Å². The number of nitriles is 1. The average Bonchev–Trinajstić information content (AvgIpc) is 2.81. The molecule has 92 valence electrons. The van der Waals surface area contributed by atoms with Gasteiger partial charge in [-0.25, -0.2) is 4.98 Å². The van der Waals surface area contributed by atoms with E-state index in [1.165, 1.54) is 0 Å². The van der Waals surface area contributed by atoms with Crippen LogP contribution in [0.5, 0.6) is 0 Å². The van der Waals surface area contributed by atoms with Gasteiger partial charge in [-0.05, 0) is 19.1 Å². The highest BCUT2D eigenvalue weighted by atomic mass is 15.2. The molecule has 18 heavy (non-hydrogen) atoms. The van der Waals surface area contributed by atoms with E-state index in [9.17, 15) is 0 Å². The lowest BCUT2D eigenvalue weighted by Gasteiger charge is -2.21. The minimum Gasteiger partial charge on any atom is -0.351 e. The van der Waals surface area contributed by atoms with E-state index in [2.05, 4.69) is 21.1 Å². The van der Waals surface area contributed by atoms with Gasteiger partial charge in [0.1, 0.15) is 11.9 Å². The Kier molecular flexibility index (Phi) is 3.58. The molecule has 0 aliphatic rings. The lowest BCUT2D eigenvalue weighted by Crippen LogP contribution is -2.23. The zero-order valence-corrected chi connectivity index (χ0v) is 10.5. The Bertz CT molecular complexity index is 567. The SMILES string of the molecule is CCN(Cc1cnn(C)c1)c1ncccc1C#N. The van der Waals surface area contributed by atoms with E-state index < -0.39 is 0 Å². The monoisotopic (exact) mass is 241 g/mol. The predicted octanol–water partition coefficient (Wildman–Crippen LogP) is 1.71. The highest BCUT2D eigenvalue weighted by molar-refractivity contribution is 5.53. The molecule has 0 bridgehead atoms. The Morgan fingerprint density at radius 2 is 2.33 bits per heavy atom. The van der Waals surface area contributed by atoms with Gasteiger partial charge in [0.25, 0.3) is 0 Å². The van der Waals surface area contributed by atoms with Gasteiger partial charge >= 0.3 is 0 Å². The Balaban J connectivity index is 2.26. The Morgan fingerprint density at radius 3 is 2.94 bits per heavy atom. The number of nitrogens with zero attached hydrogens (tertiary/aromatic N) is 5. The zero-order chi connectivity index (χ0) is 13.0. The summed E-state index contributed by atoms with van der Waals surface area (Å²) in [5.74, 6) is 0.728. The molecule has 0 aliphatic carbocycles. The van der Waals surface area contributed by atoms with Gasteiger partial charge in [0.2, 0.25) is 0 Å². The van der Waals surface area contributed by atoms with Crippen LogP contribution in [-0.2, 0) is 13.6 Å². The summed E-state index contributed by atoms with van der Waals surface area (Å²) in [6, 6.07) is 5.74. The van der Waals surface area contributed by atoms with Crippen LogP contribution in [0.4, 0.5) is 5.82 Å². The molecule has 2 rings (SSSR count). The molecule has 0 fully saturated rings. The first-order valence-corrected chi connectivity index (χ1v) is 5.82. The maximum atomic E-state index is 9.10. The maximum Gasteiger partial charge on any atom is 0.146 e. The molecule has 5 heteroatoms. The minimum atomic E-state index is 0.600. The van der Waals surface area contributed by atoms with Gasteiger partial charge in [-0.15, -0.1) is 0 Å². The smallest absolute Gasteiger partial charge is 0.146 e. The van der Waals surface area contributed by atoms with Crippen molar-refractivity contribution in [3.05, 3.63) is 41.9 Å². The van der Waals surface area contributed by atoms with E-state index in [0.29, 0.717) is 12.1 Å². The van der Waals surface area contributed by atoms with Crippen LogP contribution in [0.15, 0.2) is 30.7 Å². The molecule has 0 atom stereocenters. The van der Waals surface area contributed by atoms with Crippen LogP contribution in [0.1, 0.15) is 18.1 Å². The normalized spacial score (nSPS) is 10.1. The van der Waals surface area contributed by atoms with Gasteiger partial charge < -0.3 is 4.90 Å². The third-order valence-electron chi connectivity index (χ3n) is 2.72. The van der Waals surface area contributed by atoms with Crippen LogP contribution in [-0.4, -0.2) is 21.3 Å². The first kappa shape index (κ1) is 12.1. The second kappa shape index (κ2) is 5.32. The van der Waals surface area contributed by atoms with Crippen molar-refractivity contribution >= 4 is 5.82 Å². The van der Waals surface area contributed by atoms with Crippen molar-refractivity contribution in [2.75, 3.05) is 11.4 Å². The second-order valence-electron chi connectivity index (χ2n) is 4.02. The number of aryl methyl sites for hydroxylation is 1. The van der Waals surface area contributed by atoms with Crippen LogP contribution in [0, 0.1) is 11.3 Å². The lowest BCUT2D eigenvalue weighted by atomic mass is 10.2. The molecule has 0 aliphatic heterocycles. The Morgan fingerprint density at radius 1 is 1.50 bits per heavy atom. The molecule has 2 aromatic rings. The summed E-state index contributed by atoms with van der Waals surface area (Å²) >= 11 is 0. The van der Waals surface area contributed by atoms with E-state index in [1.807, 2.05) is 26.4 Å². The van der Waals surface area contributed by atoms with E-state index in [0.717, 1.165) is 17.9 Å². The molecule has 0 aromatic carbocycles. The first-order chi connectivity index (χ1) is 8.74. The molecule has 0 saturated carbocycles. The van der Waals surface area contributed by atoms with Crippen molar-refractivity contribution < 1.29 is 0 Å². The summed E-state index contributed by atoms with van der Waals surface area (Å²) in [5.41, 5.74) is 1.71. The average molecular weight is 241 g/mol. The lowest BCUT2D eigenvalue weighted by molar-refractivity contribution is 0.764. The van der Waals surface area contributed by atoms with Crippen LogP contribution >= 0.6 is 0 Å². The van der Waals surface area contributed by atoms with Gasteiger partial charge in [0.15, 0.2) is 0 Å². The number of pyridine rings is 1. The van der Waals surface area contributed by atoms with E-state index >= 15 is 0 Å². The Hall–Kier alpha value is -2.35. The van der Waals surface area contributed by atoms with E-state index in [-0.39, 0.29) is 0 Å². The molecular weight excluding hydrogens is 226 g/mol. The van der Waals surface area contributed by atoms with Gasteiger partial charge in [-0.3, -0.25) is 4.68 Å².